The molecule has 0 fully saturated rings. The van der Waals surface area contributed by atoms with Gasteiger partial charge in [-0.3, -0.25) is 13.9 Å². The van der Waals surface area contributed by atoms with Gasteiger partial charge in [-0.1, -0.05) is 35.0 Å². The van der Waals surface area contributed by atoms with Gasteiger partial charge < -0.3 is 15.0 Å². The first-order valence-electron chi connectivity index (χ1n) is 11.3. The molecule has 8 nitrogen and oxygen atoms in total. The highest BCUT2D eigenvalue weighted by Gasteiger charge is 2.32. The van der Waals surface area contributed by atoms with Crippen LogP contribution in [0.25, 0.3) is 0 Å². The average Bonchev–Trinajstić information content (AvgIpc) is 2.78. The highest BCUT2D eigenvalue weighted by Crippen LogP contribution is 2.25. The maximum Gasteiger partial charge on any atom is 0.244 e. The van der Waals surface area contributed by atoms with Crippen LogP contribution in [-0.2, 0) is 26.2 Å². The number of anilines is 1. The summed E-state index contributed by atoms with van der Waals surface area (Å²) in [5.41, 5.74) is 1.97. The molecule has 0 radical (unpaired) electrons. The monoisotopic (exact) mass is 567 g/mol. The number of nitrogens with one attached hydrogen (secondary N) is 1. The molecule has 0 aromatic heterocycles. The summed E-state index contributed by atoms with van der Waals surface area (Å²) in [6, 6.07) is 11.4. The smallest absolute Gasteiger partial charge is 0.244 e. The summed E-state index contributed by atoms with van der Waals surface area (Å²) in [6.45, 7) is 7.05. The van der Waals surface area contributed by atoms with Gasteiger partial charge >= 0.3 is 0 Å². The number of nitrogens with zero attached hydrogens (tertiary/aromatic N) is 2. The van der Waals surface area contributed by atoms with Crippen molar-refractivity contribution in [1.82, 2.24) is 10.2 Å². The molecule has 0 bridgehead atoms. The molecule has 192 valence electrons. The zero-order valence-electron chi connectivity index (χ0n) is 21.0. The van der Waals surface area contributed by atoms with E-state index in [1.807, 2.05) is 33.8 Å². The Labute approximate surface area is 216 Å². The zero-order chi connectivity index (χ0) is 26.3. The maximum absolute atomic E-state index is 13.7. The minimum atomic E-state index is -3.78. The molecule has 0 saturated heterocycles. The molecule has 0 unspecified atom stereocenters. The van der Waals surface area contributed by atoms with Crippen molar-refractivity contribution in [3.8, 4) is 5.75 Å². The van der Waals surface area contributed by atoms with E-state index in [0.717, 1.165) is 26.2 Å². The largest absolute Gasteiger partial charge is 0.497 e. The third kappa shape index (κ3) is 7.96. The van der Waals surface area contributed by atoms with E-state index in [1.54, 1.807) is 43.5 Å². The fourth-order valence-electron chi connectivity index (χ4n) is 3.67. The van der Waals surface area contributed by atoms with Crippen LogP contribution in [0.2, 0.25) is 0 Å². The van der Waals surface area contributed by atoms with Crippen molar-refractivity contribution in [1.29, 1.82) is 0 Å². The summed E-state index contributed by atoms with van der Waals surface area (Å²) in [4.78, 5) is 28.1. The third-order valence-corrected chi connectivity index (χ3v) is 7.44. The molecule has 2 amide bonds. The van der Waals surface area contributed by atoms with E-state index in [4.69, 9.17) is 4.74 Å². The van der Waals surface area contributed by atoms with Crippen LogP contribution >= 0.6 is 15.9 Å². The second-order valence-corrected chi connectivity index (χ2v) is 11.4. The van der Waals surface area contributed by atoms with Gasteiger partial charge in [-0.05, 0) is 68.7 Å². The lowest BCUT2D eigenvalue weighted by atomic mass is 10.1. The number of carbonyl (C=O) groups excluding carboxylic acids is 2. The van der Waals surface area contributed by atoms with Gasteiger partial charge in [0.25, 0.3) is 0 Å². The molecule has 2 aromatic carbocycles. The average molecular weight is 569 g/mol. The van der Waals surface area contributed by atoms with Crippen molar-refractivity contribution < 1.29 is 22.7 Å². The number of aryl methyl sites for hydroxylation is 1. The number of halogens is 1. The Bertz CT molecular complexity index is 1150. The van der Waals surface area contributed by atoms with Gasteiger partial charge in [0, 0.05) is 17.1 Å². The van der Waals surface area contributed by atoms with E-state index in [1.165, 1.54) is 4.90 Å². The van der Waals surface area contributed by atoms with Crippen LogP contribution in [0.1, 0.15) is 38.3 Å². The number of ether oxygens (including phenoxy) is 1. The number of hydrogen-bond donors (Lipinski definition) is 1. The Balaban J connectivity index is 2.47. The summed E-state index contributed by atoms with van der Waals surface area (Å²) in [7, 11) is -2.23. The molecule has 0 aliphatic heterocycles. The maximum atomic E-state index is 13.7. The van der Waals surface area contributed by atoms with Gasteiger partial charge in [-0.25, -0.2) is 8.42 Å². The van der Waals surface area contributed by atoms with Gasteiger partial charge in [-0.15, -0.1) is 0 Å². The minimum Gasteiger partial charge on any atom is -0.497 e. The highest BCUT2D eigenvalue weighted by atomic mass is 79.9. The fourth-order valence-corrected chi connectivity index (χ4v) is 4.75. The first kappa shape index (κ1) is 28.6. The lowest BCUT2D eigenvalue weighted by molar-refractivity contribution is -0.140. The molecule has 2 aromatic rings. The van der Waals surface area contributed by atoms with E-state index in [-0.39, 0.29) is 18.5 Å². The Kier molecular flexibility index (Phi) is 10.1. The predicted octanol–water partition coefficient (Wildman–Crippen LogP) is 3.86. The lowest BCUT2D eigenvalue weighted by Crippen LogP contribution is -2.53. The Morgan fingerprint density at radius 2 is 1.83 bits per heavy atom. The predicted molar refractivity (Wildman–Crippen MR) is 142 cm³/mol. The summed E-state index contributed by atoms with van der Waals surface area (Å²) < 4.78 is 32.6. The normalized spacial score (nSPS) is 12.2. The number of rotatable bonds is 11. The molecule has 0 heterocycles. The van der Waals surface area contributed by atoms with Crippen molar-refractivity contribution in [2.24, 2.45) is 0 Å². The number of methoxy groups -OCH3 is 1. The Morgan fingerprint density at radius 3 is 2.37 bits per heavy atom. The lowest BCUT2D eigenvalue weighted by Gasteiger charge is -2.33. The number of benzene rings is 2. The molecule has 10 heteroatoms. The summed E-state index contributed by atoms with van der Waals surface area (Å²) in [5.74, 6) is -0.147. The van der Waals surface area contributed by atoms with Crippen LogP contribution < -0.4 is 14.4 Å². The number of hydrogen-bond acceptors (Lipinski definition) is 5. The van der Waals surface area contributed by atoms with Crippen LogP contribution in [0.4, 0.5) is 5.69 Å². The Morgan fingerprint density at radius 1 is 1.14 bits per heavy atom. The van der Waals surface area contributed by atoms with Gasteiger partial charge in [0.1, 0.15) is 18.3 Å². The molecule has 0 aliphatic carbocycles. The van der Waals surface area contributed by atoms with Crippen LogP contribution in [0.15, 0.2) is 46.9 Å². The number of amides is 2. The summed E-state index contributed by atoms with van der Waals surface area (Å²) >= 11 is 3.42. The second kappa shape index (κ2) is 12.4. The van der Waals surface area contributed by atoms with Gasteiger partial charge in [0.05, 0.1) is 19.1 Å². The number of carbonyl (C=O) groups is 2. The van der Waals surface area contributed by atoms with Gasteiger partial charge in [0.15, 0.2) is 0 Å². The zero-order valence-corrected chi connectivity index (χ0v) is 23.4. The SMILES string of the molecule is CC[C@H](C(=O)NC(C)C)N(Cc1cccc(OC)c1)C(=O)CN(c1ccc(Br)c(C)c1)S(C)(=O)=O. The fraction of sp³-hybridized carbons (Fsp3) is 0.440. The second-order valence-electron chi connectivity index (χ2n) is 8.66. The van der Waals surface area contributed by atoms with Crippen LogP contribution in [0, 0.1) is 6.92 Å². The molecule has 0 aliphatic rings. The van der Waals surface area contributed by atoms with Crippen molar-refractivity contribution in [3.05, 3.63) is 58.1 Å². The van der Waals surface area contributed by atoms with Crippen LogP contribution in [-0.4, -0.2) is 57.1 Å². The first-order valence-corrected chi connectivity index (χ1v) is 14.0. The molecule has 2 rings (SSSR count). The van der Waals surface area contributed by atoms with E-state index in [2.05, 4.69) is 21.2 Å². The standard InChI is InChI=1S/C25H34BrN3O5S/c1-7-23(25(31)27-17(2)3)28(15-19-9-8-10-21(14-19)34-5)24(30)16-29(35(6,32)33)20-11-12-22(26)18(4)13-20/h8-14,17,23H,7,15-16H2,1-6H3,(H,27,31)/t23-/m1/s1. The molecule has 0 saturated carbocycles. The molecule has 1 atom stereocenters. The number of sulfonamides is 1. The first-order chi connectivity index (χ1) is 16.4. The van der Waals surface area contributed by atoms with E-state index < -0.39 is 28.5 Å². The van der Waals surface area contributed by atoms with E-state index in [9.17, 15) is 18.0 Å². The quantitative estimate of drug-likeness (QED) is 0.444. The molecule has 0 spiro atoms. The van der Waals surface area contributed by atoms with Crippen molar-refractivity contribution >= 4 is 43.5 Å². The van der Waals surface area contributed by atoms with E-state index >= 15 is 0 Å². The molecular formula is C25H34BrN3O5S. The molecular weight excluding hydrogens is 534 g/mol. The van der Waals surface area contributed by atoms with Crippen molar-refractivity contribution in [2.75, 3.05) is 24.2 Å². The topological polar surface area (TPSA) is 96.0 Å². The summed E-state index contributed by atoms with van der Waals surface area (Å²) in [6.07, 6.45) is 1.43. The van der Waals surface area contributed by atoms with Crippen molar-refractivity contribution in [2.45, 2.75) is 52.7 Å². The van der Waals surface area contributed by atoms with Crippen molar-refractivity contribution in [3.63, 3.8) is 0 Å². The minimum absolute atomic E-state index is 0.108. The van der Waals surface area contributed by atoms with Crippen LogP contribution in [0.5, 0.6) is 5.75 Å². The molecule has 35 heavy (non-hydrogen) atoms. The summed E-state index contributed by atoms with van der Waals surface area (Å²) in [5, 5.41) is 2.87. The third-order valence-electron chi connectivity index (χ3n) is 5.41. The Hall–Kier alpha value is -2.59. The van der Waals surface area contributed by atoms with Gasteiger partial charge in [0.2, 0.25) is 21.8 Å². The molecule has 1 N–H and O–H groups in total. The van der Waals surface area contributed by atoms with Crippen LogP contribution in [0.3, 0.4) is 0 Å². The highest BCUT2D eigenvalue weighted by molar-refractivity contribution is 9.10. The van der Waals surface area contributed by atoms with E-state index in [0.29, 0.717) is 17.9 Å². The van der Waals surface area contributed by atoms with Gasteiger partial charge in [-0.2, -0.15) is 0 Å².